The van der Waals surface area contributed by atoms with Gasteiger partial charge in [0.25, 0.3) is 0 Å². The Morgan fingerprint density at radius 2 is 2.27 bits per heavy atom. The van der Waals surface area contributed by atoms with E-state index in [4.69, 9.17) is 17.3 Å². The van der Waals surface area contributed by atoms with Crippen LogP contribution in [0.4, 0.5) is 0 Å². The fourth-order valence-corrected chi connectivity index (χ4v) is 1.49. The molecule has 82 valence electrons. The fraction of sp³-hybridized carbons (Fsp3) is 0.300. The van der Waals surface area contributed by atoms with Crippen LogP contribution < -0.4 is 5.73 Å². The van der Waals surface area contributed by atoms with Crippen molar-refractivity contribution >= 4 is 17.6 Å². The lowest BCUT2D eigenvalue weighted by Gasteiger charge is -2.09. The highest BCUT2D eigenvalue weighted by atomic mass is 35.5. The molecule has 0 unspecified atom stereocenters. The topological polar surface area (TPSA) is 72.5 Å². The number of hydrogen-bond acceptors (Lipinski definition) is 4. The van der Waals surface area contributed by atoms with Crippen LogP contribution in [0.1, 0.15) is 5.56 Å². The summed E-state index contributed by atoms with van der Waals surface area (Å²) in [5.74, 6) is -0.441. The molecule has 3 N–H and O–H groups in total. The Bertz CT molecular complexity index is 347. The number of methoxy groups -OCH3 is 1. The summed E-state index contributed by atoms with van der Waals surface area (Å²) < 4.78 is 4.49. The van der Waals surface area contributed by atoms with Gasteiger partial charge >= 0.3 is 5.97 Å². The van der Waals surface area contributed by atoms with Crippen molar-refractivity contribution in [2.45, 2.75) is 12.5 Å². The second kappa shape index (κ2) is 5.00. The van der Waals surface area contributed by atoms with Crippen molar-refractivity contribution in [3.05, 3.63) is 28.8 Å². The number of ether oxygens (including phenoxy) is 1. The van der Waals surface area contributed by atoms with E-state index in [1.165, 1.54) is 19.2 Å². The maximum absolute atomic E-state index is 11.0. The number of carbonyl (C=O) groups excluding carboxylic acids is 1. The number of aromatic hydroxyl groups is 1. The van der Waals surface area contributed by atoms with Gasteiger partial charge in [0.05, 0.1) is 7.11 Å². The summed E-state index contributed by atoms with van der Waals surface area (Å²) in [6.45, 7) is 0. The Morgan fingerprint density at radius 3 is 2.80 bits per heavy atom. The molecule has 0 saturated carbocycles. The Kier molecular flexibility index (Phi) is 3.94. The average Bonchev–Trinajstić information content (AvgIpc) is 2.14. The molecule has 1 rings (SSSR count). The summed E-state index contributed by atoms with van der Waals surface area (Å²) in [6.07, 6.45) is 0.279. The van der Waals surface area contributed by atoms with E-state index in [1.54, 1.807) is 6.07 Å². The van der Waals surface area contributed by atoms with E-state index < -0.39 is 12.0 Å². The zero-order valence-electron chi connectivity index (χ0n) is 8.24. The van der Waals surface area contributed by atoms with Gasteiger partial charge in [-0.1, -0.05) is 11.6 Å². The second-order valence-electron chi connectivity index (χ2n) is 3.15. The van der Waals surface area contributed by atoms with Gasteiger partial charge in [-0.3, -0.25) is 4.79 Å². The normalized spacial score (nSPS) is 12.2. The third-order valence-electron chi connectivity index (χ3n) is 1.90. The third kappa shape index (κ3) is 3.42. The smallest absolute Gasteiger partial charge is 0.322 e. The van der Waals surface area contributed by atoms with Gasteiger partial charge in [-0.25, -0.2) is 0 Å². The summed E-state index contributed by atoms with van der Waals surface area (Å²) in [6, 6.07) is 3.82. The van der Waals surface area contributed by atoms with Crippen LogP contribution in [0.2, 0.25) is 5.02 Å². The molecular formula is C10H12ClNO3. The van der Waals surface area contributed by atoms with E-state index in [1.807, 2.05) is 0 Å². The highest BCUT2D eigenvalue weighted by Crippen LogP contribution is 2.20. The minimum Gasteiger partial charge on any atom is -0.508 e. The number of hydrogen-bond donors (Lipinski definition) is 2. The van der Waals surface area contributed by atoms with Crippen molar-refractivity contribution in [3.63, 3.8) is 0 Å². The van der Waals surface area contributed by atoms with Gasteiger partial charge < -0.3 is 15.6 Å². The second-order valence-corrected chi connectivity index (χ2v) is 3.59. The molecule has 5 heteroatoms. The SMILES string of the molecule is COC(=O)[C@H](N)Cc1cc(O)cc(Cl)c1. The molecule has 0 aliphatic heterocycles. The molecular weight excluding hydrogens is 218 g/mol. The third-order valence-corrected chi connectivity index (χ3v) is 2.12. The predicted molar refractivity (Wildman–Crippen MR) is 56.8 cm³/mol. The van der Waals surface area contributed by atoms with Crippen LogP contribution in [-0.4, -0.2) is 24.2 Å². The number of halogens is 1. The molecule has 0 spiro atoms. The van der Waals surface area contributed by atoms with Crippen LogP contribution in [0.3, 0.4) is 0 Å². The van der Waals surface area contributed by atoms with E-state index in [2.05, 4.69) is 4.74 Å². The number of phenols is 1. The van der Waals surface area contributed by atoms with Crippen molar-refractivity contribution in [1.82, 2.24) is 0 Å². The highest BCUT2D eigenvalue weighted by Gasteiger charge is 2.14. The van der Waals surface area contributed by atoms with Crippen LogP contribution in [-0.2, 0) is 16.0 Å². The van der Waals surface area contributed by atoms with Crippen molar-refractivity contribution in [1.29, 1.82) is 0 Å². The molecule has 0 aliphatic carbocycles. The first-order chi connectivity index (χ1) is 7.02. The molecule has 0 radical (unpaired) electrons. The Hall–Kier alpha value is -1.26. The first-order valence-corrected chi connectivity index (χ1v) is 4.72. The van der Waals surface area contributed by atoms with Crippen molar-refractivity contribution < 1.29 is 14.6 Å². The minimum absolute atomic E-state index is 0.0505. The molecule has 1 aromatic carbocycles. The first kappa shape index (κ1) is 11.8. The van der Waals surface area contributed by atoms with Gasteiger partial charge in [0.15, 0.2) is 0 Å². The lowest BCUT2D eigenvalue weighted by atomic mass is 10.1. The number of carbonyl (C=O) groups is 1. The predicted octanol–water partition coefficient (Wildman–Crippen LogP) is 1.09. The zero-order chi connectivity index (χ0) is 11.4. The molecule has 0 aliphatic rings. The van der Waals surface area contributed by atoms with E-state index in [0.29, 0.717) is 10.6 Å². The monoisotopic (exact) mass is 229 g/mol. The molecule has 0 saturated heterocycles. The van der Waals surface area contributed by atoms with Gasteiger partial charge in [0.1, 0.15) is 11.8 Å². The van der Waals surface area contributed by atoms with Crippen LogP contribution >= 0.6 is 11.6 Å². The van der Waals surface area contributed by atoms with E-state index in [-0.39, 0.29) is 12.2 Å². The molecule has 0 bridgehead atoms. The lowest BCUT2D eigenvalue weighted by molar-refractivity contribution is -0.142. The maximum Gasteiger partial charge on any atom is 0.322 e. The quantitative estimate of drug-likeness (QED) is 0.761. The molecule has 1 atom stereocenters. The van der Waals surface area contributed by atoms with Crippen molar-refractivity contribution in [3.8, 4) is 5.75 Å². The van der Waals surface area contributed by atoms with Crippen LogP contribution in [0.15, 0.2) is 18.2 Å². The standard InChI is InChI=1S/C10H12ClNO3/c1-15-10(14)9(12)4-6-2-7(11)5-8(13)3-6/h2-3,5,9,13H,4,12H2,1H3/t9-/m1/s1. The Labute approximate surface area is 92.6 Å². The number of phenolic OH excluding ortho intramolecular Hbond substituents is 1. The Morgan fingerprint density at radius 1 is 1.60 bits per heavy atom. The molecule has 1 aromatic rings. The molecule has 0 aromatic heterocycles. The zero-order valence-corrected chi connectivity index (χ0v) is 8.99. The summed E-state index contributed by atoms with van der Waals surface area (Å²) in [5, 5.41) is 9.67. The maximum atomic E-state index is 11.0. The van der Waals surface area contributed by atoms with Gasteiger partial charge in [0, 0.05) is 5.02 Å². The fourth-order valence-electron chi connectivity index (χ4n) is 1.24. The molecule has 0 amide bonds. The van der Waals surface area contributed by atoms with Gasteiger partial charge in [-0.15, -0.1) is 0 Å². The summed E-state index contributed by atoms with van der Waals surface area (Å²) in [7, 11) is 1.28. The lowest BCUT2D eigenvalue weighted by Crippen LogP contribution is -2.33. The number of benzene rings is 1. The van der Waals surface area contributed by atoms with Gasteiger partial charge in [-0.2, -0.15) is 0 Å². The highest BCUT2D eigenvalue weighted by molar-refractivity contribution is 6.30. The summed E-state index contributed by atoms with van der Waals surface area (Å²) >= 11 is 5.73. The minimum atomic E-state index is -0.743. The van der Waals surface area contributed by atoms with Crippen LogP contribution in [0.25, 0.3) is 0 Å². The molecule has 0 heterocycles. The average molecular weight is 230 g/mol. The number of nitrogens with two attached hydrogens (primary N) is 1. The molecule has 4 nitrogen and oxygen atoms in total. The Balaban J connectivity index is 2.76. The summed E-state index contributed by atoms with van der Waals surface area (Å²) in [4.78, 5) is 11.0. The molecule has 15 heavy (non-hydrogen) atoms. The van der Waals surface area contributed by atoms with Crippen LogP contribution in [0, 0.1) is 0 Å². The van der Waals surface area contributed by atoms with Crippen LogP contribution in [0.5, 0.6) is 5.75 Å². The van der Waals surface area contributed by atoms with E-state index in [0.717, 1.165) is 0 Å². The number of esters is 1. The largest absolute Gasteiger partial charge is 0.508 e. The summed E-state index contributed by atoms with van der Waals surface area (Å²) in [5.41, 5.74) is 6.25. The van der Waals surface area contributed by atoms with Gasteiger partial charge in [0.2, 0.25) is 0 Å². The molecule has 0 fully saturated rings. The van der Waals surface area contributed by atoms with Gasteiger partial charge in [-0.05, 0) is 30.2 Å². The van der Waals surface area contributed by atoms with Crippen molar-refractivity contribution in [2.24, 2.45) is 5.73 Å². The van der Waals surface area contributed by atoms with E-state index >= 15 is 0 Å². The number of rotatable bonds is 3. The van der Waals surface area contributed by atoms with E-state index in [9.17, 15) is 9.90 Å². The first-order valence-electron chi connectivity index (χ1n) is 4.34. The van der Waals surface area contributed by atoms with Crippen molar-refractivity contribution in [2.75, 3.05) is 7.11 Å².